The van der Waals surface area contributed by atoms with Crippen LogP contribution in [0.4, 0.5) is 4.39 Å². The van der Waals surface area contributed by atoms with Crippen molar-refractivity contribution in [2.24, 2.45) is 0 Å². The third-order valence-corrected chi connectivity index (χ3v) is 7.66. The Labute approximate surface area is 225 Å². The molecule has 8 nitrogen and oxygen atoms in total. The van der Waals surface area contributed by atoms with Crippen molar-refractivity contribution in [1.29, 1.82) is 0 Å². The van der Waals surface area contributed by atoms with Gasteiger partial charge >= 0.3 is 0 Å². The van der Waals surface area contributed by atoms with Crippen LogP contribution in [0.2, 0.25) is 0 Å². The number of rotatable bonds is 10. The molecule has 0 spiro atoms. The maximum atomic E-state index is 13.9. The summed E-state index contributed by atoms with van der Waals surface area (Å²) < 4.78 is 30.9. The van der Waals surface area contributed by atoms with E-state index in [2.05, 4.69) is 10.2 Å². The summed E-state index contributed by atoms with van der Waals surface area (Å²) in [7, 11) is 0. The average Bonchev–Trinajstić information content (AvgIpc) is 3.72. The maximum absolute atomic E-state index is 13.9. The van der Waals surface area contributed by atoms with Gasteiger partial charge in [-0.2, -0.15) is 0 Å². The van der Waals surface area contributed by atoms with E-state index in [-0.39, 0.29) is 24.3 Å². The van der Waals surface area contributed by atoms with Crippen LogP contribution in [0.3, 0.4) is 0 Å². The maximum Gasteiger partial charge on any atom is 0.290 e. The van der Waals surface area contributed by atoms with Gasteiger partial charge in [0.25, 0.3) is 5.91 Å². The number of carbonyl (C=O) groups excluding carboxylic acids is 2. The van der Waals surface area contributed by atoms with Crippen molar-refractivity contribution in [2.45, 2.75) is 38.1 Å². The smallest absolute Gasteiger partial charge is 0.290 e. The predicted molar refractivity (Wildman–Crippen MR) is 140 cm³/mol. The van der Waals surface area contributed by atoms with Crippen LogP contribution in [0.15, 0.2) is 58.3 Å². The zero-order chi connectivity index (χ0) is 26.3. The molecular weight excluding hydrogens is 509 g/mol. The Kier molecular flexibility index (Phi) is 8.85. The van der Waals surface area contributed by atoms with E-state index in [0.717, 1.165) is 30.8 Å². The number of thiophene rings is 1. The van der Waals surface area contributed by atoms with E-state index in [4.69, 9.17) is 13.9 Å². The third kappa shape index (κ3) is 6.68. The summed E-state index contributed by atoms with van der Waals surface area (Å²) >= 11 is 1.50. The van der Waals surface area contributed by atoms with Gasteiger partial charge in [0.15, 0.2) is 5.76 Å². The lowest BCUT2D eigenvalue weighted by molar-refractivity contribution is -0.126. The molecule has 1 N–H and O–H groups in total. The van der Waals surface area contributed by atoms with Crippen LogP contribution in [0.5, 0.6) is 0 Å². The fourth-order valence-corrected chi connectivity index (χ4v) is 5.49. The number of benzene rings is 1. The minimum Gasteiger partial charge on any atom is -0.455 e. The molecule has 38 heavy (non-hydrogen) atoms. The highest BCUT2D eigenvalue weighted by Gasteiger charge is 2.34. The Hall–Kier alpha value is -3.05. The van der Waals surface area contributed by atoms with Gasteiger partial charge in [-0.15, -0.1) is 11.3 Å². The number of carbonyl (C=O) groups is 2. The van der Waals surface area contributed by atoms with Gasteiger partial charge in [-0.25, -0.2) is 4.39 Å². The number of amides is 2. The SMILES string of the molecule is O=C(NC[C@H]1CCCO1)[C@@H](c1ccc(F)cc1)N(Cc1cccs1)C(=O)c1ccc(CN2CCOCC2)o1. The van der Waals surface area contributed by atoms with Gasteiger partial charge in [0.1, 0.15) is 17.6 Å². The van der Waals surface area contributed by atoms with Crippen LogP contribution < -0.4 is 5.32 Å². The molecule has 2 fully saturated rings. The van der Waals surface area contributed by atoms with Crippen molar-refractivity contribution in [1.82, 2.24) is 15.1 Å². The lowest BCUT2D eigenvalue weighted by Gasteiger charge is -2.31. The summed E-state index contributed by atoms with van der Waals surface area (Å²) in [6.07, 6.45) is 1.77. The fourth-order valence-electron chi connectivity index (χ4n) is 4.78. The molecule has 0 aliphatic carbocycles. The summed E-state index contributed by atoms with van der Waals surface area (Å²) in [5.41, 5.74) is 0.515. The second kappa shape index (κ2) is 12.7. The van der Waals surface area contributed by atoms with E-state index >= 15 is 0 Å². The normalized spacial score (nSPS) is 18.8. The number of nitrogens with zero attached hydrogens (tertiary/aromatic N) is 2. The monoisotopic (exact) mass is 541 g/mol. The van der Waals surface area contributed by atoms with Crippen LogP contribution in [-0.2, 0) is 27.4 Å². The Morgan fingerprint density at radius 1 is 1.11 bits per heavy atom. The first kappa shape index (κ1) is 26.6. The molecule has 2 aliphatic heterocycles. The van der Waals surface area contributed by atoms with Gasteiger partial charge in [0.05, 0.1) is 32.4 Å². The van der Waals surface area contributed by atoms with Crippen molar-refractivity contribution in [3.05, 3.63) is 81.7 Å². The molecule has 2 saturated heterocycles. The molecule has 4 heterocycles. The highest BCUT2D eigenvalue weighted by molar-refractivity contribution is 7.09. The third-order valence-electron chi connectivity index (χ3n) is 6.80. The van der Waals surface area contributed by atoms with E-state index in [0.29, 0.717) is 44.2 Å². The number of nitrogens with one attached hydrogen (secondary N) is 1. The summed E-state index contributed by atoms with van der Waals surface area (Å²) in [6.45, 7) is 4.73. The van der Waals surface area contributed by atoms with Crippen LogP contribution in [0, 0.1) is 5.82 Å². The fraction of sp³-hybridized carbons (Fsp3) is 0.429. The average molecular weight is 542 g/mol. The summed E-state index contributed by atoms with van der Waals surface area (Å²) in [4.78, 5) is 32.2. The molecule has 10 heteroatoms. The first-order valence-electron chi connectivity index (χ1n) is 12.9. The zero-order valence-electron chi connectivity index (χ0n) is 21.1. The van der Waals surface area contributed by atoms with E-state index in [1.165, 1.54) is 28.4 Å². The molecule has 0 bridgehead atoms. The molecule has 5 rings (SSSR count). The lowest BCUT2D eigenvalue weighted by Crippen LogP contribution is -2.45. The Morgan fingerprint density at radius 2 is 1.92 bits per heavy atom. The molecule has 2 amide bonds. The van der Waals surface area contributed by atoms with Gasteiger partial charge in [0, 0.05) is 31.1 Å². The topological polar surface area (TPSA) is 84.2 Å². The standard InChI is InChI=1S/C28H32FN3O5S/c29-21-7-5-20(6-8-21)26(27(33)30-17-22-3-1-13-36-22)32(19-24-4-2-16-38-24)28(34)25-10-9-23(37-25)18-31-11-14-35-15-12-31/h2,4-10,16,22,26H,1,3,11-15,17-19H2,(H,30,33)/t22-,26-/m1/s1. The van der Waals surface area contributed by atoms with Crippen molar-refractivity contribution < 1.29 is 27.9 Å². The molecule has 1 aromatic carbocycles. The second-order valence-electron chi connectivity index (χ2n) is 9.50. The van der Waals surface area contributed by atoms with Crippen LogP contribution in [-0.4, -0.2) is 67.2 Å². The van der Waals surface area contributed by atoms with Crippen molar-refractivity contribution in [2.75, 3.05) is 39.5 Å². The number of hydrogen-bond donors (Lipinski definition) is 1. The first-order valence-corrected chi connectivity index (χ1v) is 13.8. The minimum atomic E-state index is -0.987. The Morgan fingerprint density at radius 3 is 2.63 bits per heavy atom. The van der Waals surface area contributed by atoms with E-state index < -0.39 is 17.8 Å². The molecule has 2 atom stereocenters. The van der Waals surface area contributed by atoms with E-state index in [1.807, 2.05) is 17.5 Å². The van der Waals surface area contributed by atoms with Gasteiger partial charge in [-0.05, 0) is 54.1 Å². The molecule has 2 aromatic heterocycles. The summed E-state index contributed by atoms with van der Waals surface area (Å²) in [6, 6.07) is 12.0. The number of halogens is 1. The first-order chi connectivity index (χ1) is 18.6. The number of hydrogen-bond acceptors (Lipinski definition) is 7. The van der Waals surface area contributed by atoms with Crippen molar-refractivity contribution >= 4 is 23.2 Å². The summed E-state index contributed by atoms with van der Waals surface area (Å²) in [5.74, 6) is -0.344. The molecule has 2 aliphatic rings. The second-order valence-corrected chi connectivity index (χ2v) is 10.5. The van der Waals surface area contributed by atoms with E-state index in [1.54, 1.807) is 24.3 Å². The molecule has 0 unspecified atom stereocenters. The largest absolute Gasteiger partial charge is 0.455 e. The van der Waals surface area contributed by atoms with Crippen LogP contribution >= 0.6 is 11.3 Å². The molecular formula is C28H32FN3O5S. The molecule has 0 saturated carbocycles. The van der Waals surface area contributed by atoms with Crippen LogP contribution in [0.25, 0.3) is 0 Å². The highest BCUT2D eigenvalue weighted by atomic mass is 32.1. The molecule has 3 aromatic rings. The van der Waals surface area contributed by atoms with Crippen molar-refractivity contribution in [3.63, 3.8) is 0 Å². The number of ether oxygens (including phenoxy) is 2. The predicted octanol–water partition coefficient (Wildman–Crippen LogP) is 3.99. The number of furan rings is 1. The Balaban J connectivity index is 1.42. The van der Waals surface area contributed by atoms with Crippen LogP contribution in [0.1, 0.15) is 45.6 Å². The quantitative estimate of drug-likeness (QED) is 0.418. The zero-order valence-corrected chi connectivity index (χ0v) is 22.0. The Bertz CT molecular complexity index is 1190. The van der Waals surface area contributed by atoms with Gasteiger partial charge in [-0.3, -0.25) is 14.5 Å². The molecule has 0 radical (unpaired) electrons. The van der Waals surface area contributed by atoms with Gasteiger partial charge in [-0.1, -0.05) is 18.2 Å². The summed E-state index contributed by atoms with van der Waals surface area (Å²) in [5, 5.41) is 4.89. The highest BCUT2D eigenvalue weighted by Crippen LogP contribution is 2.28. The van der Waals surface area contributed by atoms with E-state index in [9.17, 15) is 14.0 Å². The van der Waals surface area contributed by atoms with Gasteiger partial charge < -0.3 is 24.1 Å². The van der Waals surface area contributed by atoms with Crippen molar-refractivity contribution in [3.8, 4) is 0 Å². The minimum absolute atomic E-state index is 0.0536. The lowest BCUT2D eigenvalue weighted by atomic mass is 10.0. The number of morpholine rings is 1. The van der Waals surface area contributed by atoms with Gasteiger partial charge in [0.2, 0.25) is 5.91 Å². The molecule has 202 valence electrons.